The Bertz CT molecular complexity index is 711. The molecule has 1 atom stereocenters. The van der Waals surface area contributed by atoms with Crippen molar-refractivity contribution in [1.29, 1.82) is 0 Å². The molecule has 0 saturated carbocycles. The van der Waals surface area contributed by atoms with E-state index in [4.69, 9.17) is 0 Å². The molecule has 4 rings (SSSR count). The summed E-state index contributed by atoms with van der Waals surface area (Å²) in [6.45, 7) is 1.62. The summed E-state index contributed by atoms with van der Waals surface area (Å²) < 4.78 is 2.24. The fourth-order valence-corrected chi connectivity index (χ4v) is 4.03. The van der Waals surface area contributed by atoms with Crippen LogP contribution in [0.15, 0.2) is 30.5 Å². The summed E-state index contributed by atoms with van der Waals surface area (Å²) in [6, 6.07) is 8.62. The molecule has 24 heavy (non-hydrogen) atoms. The molecule has 1 aliphatic carbocycles. The Morgan fingerprint density at radius 3 is 2.96 bits per heavy atom. The number of imidazole rings is 1. The van der Waals surface area contributed by atoms with Gasteiger partial charge in [-0.3, -0.25) is 4.79 Å². The summed E-state index contributed by atoms with van der Waals surface area (Å²) in [5.74, 6) is 1.80. The van der Waals surface area contributed by atoms with Gasteiger partial charge in [0.2, 0.25) is 5.91 Å². The van der Waals surface area contributed by atoms with Crippen molar-refractivity contribution in [3.8, 4) is 0 Å². The van der Waals surface area contributed by atoms with Gasteiger partial charge in [-0.15, -0.1) is 0 Å². The highest BCUT2D eigenvalue weighted by atomic mass is 16.1. The van der Waals surface area contributed by atoms with Gasteiger partial charge in [0.05, 0.1) is 12.2 Å². The molecule has 2 aromatic rings. The predicted molar refractivity (Wildman–Crippen MR) is 93.6 cm³/mol. The van der Waals surface area contributed by atoms with Crippen LogP contribution in [0.2, 0.25) is 0 Å². The highest BCUT2D eigenvalue weighted by Crippen LogP contribution is 2.27. The molecular weight excluding hydrogens is 298 g/mol. The van der Waals surface area contributed by atoms with Crippen LogP contribution in [0.3, 0.4) is 0 Å². The first-order valence-corrected chi connectivity index (χ1v) is 9.16. The van der Waals surface area contributed by atoms with Gasteiger partial charge in [-0.25, -0.2) is 4.98 Å². The van der Waals surface area contributed by atoms with Gasteiger partial charge < -0.3 is 9.88 Å². The number of fused-ring (bicyclic) bond motifs is 2. The topological polar surface area (TPSA) is 46.9 Å². The van der Waals surface area contributed by atoms with Crippen molar-refractivity contribution in [2.75, 3.05) is 0 Å². The van der Waals surface area contributed by atoms with E-state index in [1.54, 1.807) is 0 Å². The molecule has 1 aromatic heterocycles. The maximum Gasteiger partial charge on any atom is 0.220 e. The minimum atomic E-state index is 0.158. The van der Waals surface area contributed by atoms with Crippen molar-refractivity contribution >= 4 is 5.91 Å². The number of benzene rings is 1. The van der Waals surface area contributed by atoms with Crippen LogP contribution in [-0.2, 0) is 37.1 Å². The molecule has 0 saturated heterocycles. The van der Waals surface area contributed by atoms with E-state index in [1.165, 1.54) is 29.8 Å². The maximum atomic E-state index is 12.3. The number of aromatic nitrogens is 2. The second-order valence-corrected chi connectivity index (χ2v) is 7.16. The Balaban J connectivity index is 1.29. The van der Waals surface area contributed by atoms with Gasteiger partial charge in [-0.2, -0.15) is 0 Å². The molecule has 1 unspecified atom stereocenters. The Morgan fingerprint density at radius 2 is 2.08 bits per heavy atom. The maximum absolute atomic E-state index is 12.3. The first kappa shape index (κ1) is 15.4. The summed E-state index contributed by atoms with van der Waals surface area (Å²) in [7, 11) is 0. The molecule has 0 radical (unpaired) electrons. The van der Waals surface area contributed by atoms with E-state index in [1.807, 2.05) is 0 Å². The Morgan fingerprint density at radius 1 is 1.21 bits per heavy atom. The molecule has 4 heteroatoms. The number of hydrogen-bond donors (Lipinski definition) is 1. The lowest BCUT2D eigenvalue weighted by Crippen LogP contribution is -2.27. The monoisotopic (exact) mass is 323 g/mol. The second-order valence-electron chi connectivity index (χ2n) is 7.16. The van der Waals surface area contributed by atoms with Crippen LogP contribution in [0.5, 0.6) is 0 Å². The number of hydrogen-bond acceptors (Lipinski definition) is 2. The molecular formula is C20H25N3O. The van der Waals surface area contributed by atoms with Gasteiger partial charge in [-0.1, -0.05) is 24.3 Å². The van der Waals surface area contributed by atoms with Gasteiger partial charge >= 0.3 is 0 Å². The Kier molecular flexibility index (Phi) is 4.37. The van der Waals surface area contributed by atoms with Crippen molar-refractivity contribution < 1.29 is 4.79 Å². The molecule has 0 spiro atoms. The van der Waals surface area contributed by atoms with Crippen LogP contribution < -0.4 is 5.32 Å². The van der Waals surface area contributed by atoms with Gasteiger partial charge in [-0.05, 0) is 49.1 Å². The standard InChI is InChI=1S/C20H25N3O/c24-20(12-15-8-9-16-5-1-2-6-17(16)11-15)21-13-18-14-23-10-4-3-7-19(23)22-18/h1-2,5-6,14-15H,3-4,7-13H2,(H,21,24). The lowest BCUT2D eigenvalue weighted by atomic mass is 9.82. The number of amides is 1. The zero-order valence-electron chi connectivity index (χ0n) is 14.1. The first-order valence-electron chi connectivity index (χ1n) is 9.16. The summed E-state index contributed by atoms with van der Waals surface area (Å²) in [4.78, 5) is 16.9. The van der Waals surface area contributed by atoms with Crippen molar-refractivity contribution in [1.82, 2.24) is 14.9 Å². The predicted octanol–water partition coefficient (Wildman–Crippen LogP) is 3.03. The van der Waals surface area contributed by atoms with Crippen LogP contribution >= 0.6 is 0 Å². The number of rotatable bonds is 4. The smallest absolute Gasteiger partial charge is 0.220 e. The molecule has 1 aliphatic heterocycles. The number of aryl methyl sites for hydroxylation is 3. The molecule has 1 aromatic carbocycles. The minimum absolute atomic E-state index is 0.158. The summed E-state index contributed by atoms with van der Waals surface area (Å²) in [5, 5.41) is 3.06. The molecule has 0 bridgehead atoms. The van der Waals surface area contributed by atoms with E-state index in [0.717, 1.165) is 37.9 Å². The van der Waals surface area contributed by atoms with E-state index in [-0.39, 0.29) is 5.91 Å². The van der Waals surface area contributed by atoms with Crippen LogP contribution in [0.25, 0.3) is 0 Å². The Hall–Kier alpha value is -2.10. The van der Waals surface area contributed by atoms with E-state index >= 15 is 0 Å². The molecule has 4 nitrogen and oxygen atoms in total. The zero-order valence-corrected chi connectivity index (χ0v) is 14.1. The van der Waals surface area contributed by atoms with Crippen LogP contribution in [0.4, 0.5) is 0 Å². The van der Waals surface area contributed by atoms with Crippen molar-refractivity contribution in [3.63, 3.8) is 0 Å². The van der Waals surface area contributed by atoms with Crippen molar-refractivity contribution in [3.05, 3.63) is 53.1 Å². The molecule has 0 fully saturated rings. The third kappa shape index (κ3) is 3.37. The number of carbonyl (C=O) groups excluding carboxylic acids is 1. The molecule has 2 heterocycles. The SMILES string of the molecule is O=C(CC1CCc2ccccc2C1)NCc1cn2c(n1)CCCC2. The third-order valence-electron chi connectivity index (χ3n) is 5.35. The first-order chi connectivity index (χ1) is 11.8. The average Bonchev–Trinajstić information content (AvgIpc) is 3.03. The highest BCUT2D eigenvalue weighted by Gasteiger charge is 2.21. The van der Waals surface area contributed by atoms with Gasteiger partial charge in [0.1, 0.15) is 5.82 Å². The Labute approximate surface area is 143 Å². The molecule has 1 N–H and O–H groups in total. The van der Waals surface area contributed by atoms with Crippen molar-refractivity contribution in [2.45, 2.75) is 58.0 Å². The number of nitrogens with one attached hydrogen (secondary N) is 1. The van der Waals surface area contributed by atoms with E-state index in [9.17, 15) is 4.79 Å². The second kappa shape index (κ2) is 6.80. The molecule has 2 aliphatic rings. The number of carbonyl (C=O) groups is 1. The van der Waals surface area contributed by atoms with Crippen LogP contribution in [0, 0.1) is 5.92 Å². The normalized spacial score (nSPS) is 19.4. The van der Waals surface area contributed by atoms with Crippen LogP contribution in [-0.4, -0.2) is 15.5 Å². The lowest BCUT2D eigenvalue weighted by molar-refractivity contribution is -0.122. The fourth-order valence-electron chi connectivity index (χ4n) is 4.03. The van der Waals surface area contributed by atoms with Gasteiger partial charge in [0.25, 0.3) is 0 Å². The largest absolute Gasteiger partial charge is 0.350 e. The van der Waals surface area contributed by atoms with Gasteiger partial charge in [0, 0.05) is 25.6 Å². The summed E-state index contributed by atoms with van der Waals surface area (Å²) >= 11 is 0. The summed E-state index contributed by atoms with van der Waals surface area (Å²) in [5.41, 5.74) is 3.87. The molecule has 126 valence electrons. The van der Waals surface area contributed by atoms with Crippen molar-refractivity contribution in [2.24, 2.45) is 5.92 Å². The zero-order chi connectivity index (χ0) is 16.4. The highest BCUT2D eigenvalue weighted by molar-refractivity contribution is 5.76. The number of nitrogens with zero attached hydrogens (tertiary/aromatic N) is 2. The summed E-state index contributed by atoms with van der Waals surface area (Å²) in [6.07, 6.45) is 9.50. The fraction of sp³-hybridized carbons (Fsp3) is 0.500. The third-order valence-corrected chi connectivity index (χ3v) is 5.35. The lowest BCUT2D eigenvalue weighted by Gasteiger charge is -2.24. The van der Waals surface area contributed by atoms with Crippen LogP contribution in [0.1, 0.15) is 48.3 Å². The molecule has 1 amide bonds. The van der Waals surface area contributed by atoms with E-state index < -0.39 is 0 Å². The van der Waals surface area contributed by atoms with E-state index in [0.29, 0.717) is 18.9 Å². The van der Waals surface area contributed by atoms with Gasteiger partial charge in [0.15, 0.2) is 0 Å². The minimum Gasteiger partial charge on any atom is -0.350 e. The van der Waals surface area contributed by atoms with E-state index in [2.05, 4.69) is 45.3 Å². The average molecular weight is 323 g/mol. The quantitative estimate of drug-likeness (QED) is 0.940.